The molecule has 0 atom stereocenters. The van der Waals surface area contributed by atoms with E-state index in [0.29, 0.717) is 0 Å². The van der Waals surface area contributed by atoms with Gasteiger partial charge < -0.3 is 4.48 Å². The fourth-order valence-electron chi connectivity index (χ4n) is 12.1. The first-order valence-corrected chi connectivity index (χ1v) is 32.1. The maximum atomic E-state index is 6.65. The van der Waals surface area contributed by atoms with Crippen molar-refractivity contribution in [1.29, 1.82) is 0 Å². The van der Waals surface area contributed by atoms with Gasteiger partial charge in [0.1, 0.15) is 0 Å². The molecule has 0 aromatic heterocycles. The topological polar surface area (TPSA) is 0 Å². The molecule has 4 rings (SSSR count). The van der Waals surface area contributed by atoms with Crippen LogP contribution >= 0.6 is 34.8 Å². The second-order valence-corrected chi connectivity index (χ2v) is 24.3. The van der Waals surface area contributed by atoms with Crippen molar-refractivity contribution >= 4 is 57.3 Å². The Balaban J connectivity index is 0.000000386. The van der Waals surface area contributed by atoms with Crippen LogP contribution in [0.1, 0.15) is 275 Å². The van der Waals surface area contributed by atoms with Crippen molar-refractivity contribution < 1.29 is 4.48 Å². The van der Waals surface area contributed by atoms with Gasteiger partial charge in [-0.3, -0.25) is 0 Å². The van der Waals surface area contributed by atoms with E-state index in [1.165, 1.54) is 278 Å². The molecule has 1 heterocycles. The summed E-state index contributed by atoms with van der Waals surface area (Å²) in [4.78, 5) is 0. The van der Waals surface area contributed by atoms with Crippen molar-refractivity contribution in [3.63, 3.8) is 0 Å². The zero-order valence-electron chi connectivity index (χ0n) is 47.6. The third-order valence-corrected chi connectivity index (χ3v) is 18.2. The van der Waals surface area contributed by atoms with E-state index >= 15 is 0 Å². The highest BCUT2D eigenvalue weighted by molar-refractivity contribution is 7.11. The number of benzene rings is 3. The van der Waals surface area contributed by atoms with Crippen molar-refractivity contribution in [1.82, 2.24) is 0 Å². The van der Waals surface area contributed by atoms with Crippen LogP contribution in [0.15, 0.2) is 54.6 Å². The number of aryl methyl sites for hydroxylation is 3. The quantitative estimate of drug-likeness (QED) is 0.0303. The van der Waals surface area contributed by atoms with Gasteiger partial charge >= 0.3 is 0 Å². The van der Waals surface area contributed by atoms with Crippen LogP contribution in [0.25, 0.3) is 0 Å². The molecule has 0 aliphatic carbocycles. The summed E-state index contributed by atoms with van der Waals surface area (Å²) in [5.41, 5.74) is 6.99. The highest BCUT2D eigenvalue weighted by Crippen LogP contribution is 2.27. The second-order valence-electron chi connectivity index (χ2n) is 23.1. The highest BCUT2D eigenvalue weighted by atomic mass is 35.5. The molecule has 1 fully saturated rings. The third kappa shape index (κ3) is 25.8. The summed E-state index contributed by atoms with van der Waals surface area (Å²) in [7, 11) is 0. The van der Waals surface area contributed by atoms with E-state index in [1.807, 2.05) is 20.8 Å². The smallest absolute Gasteiger partial charge is 0.0816 e. The van der Waals surface area contributed by atoms with E-state index < -0.39 is 6.15 Å². The van der Waals surface area contributed by atoms with Crippen LogP contribution in [0.4, 0.5) is 0 Å². The van der Waals surface area contributed by atoms with E-state index in [9.17, 15) is 0 Å². The van der Waals surface area contributed by atoms with Gasteiger partial charge in [0, 0.05) is 15.1 Å². The Kier molecular flexibility index (Phi) is 35.9. The Bertz CT molecular complexity index is 1640. The fourth-order valence-corrected chi connectivity index (χ4v) is 12.6. The van der Waals surface area contributed by atoms with Crippen LogP contribution in [-0.2, 0) is 0 Å². The monoisotopic (exact) mass is 1030 g/mol. The maximum Gasteiger partial charge on any atom is 0.0816 e. The number of hydrogen-bond acceptors (Lipinski definition) is 0. The number of likely N-dealkylation sites (tertiary alicyclic amines) is 1. The van der Waals surface area contributed by atoms with Gasteiger partial charge in [0.2, 0.25) is 0 Å². The van der Waals surface area contributed by atoms with Gasteiger partial charge in [0.15, 0.2) is 0 Å². The Labute approximate surface area is 457 Å². The van der Waals surface area contributed by atoms with Crippen molar-refractivity contribution in [3.05, 3.63) is 86.4 Å². The molecule has 1 aliphatic heterocycles. The Morgan fingerprint density at radius 1 is 0.338 bits per heavy atom. The summed E-state index contributed by atoms with van der Waals surface area (Å²) in [5.74, 6) is 0. The molecular weight excluding hydrogens is 924 g/mol. The lowest BCUT2D eigenvalue weighted by atomic mass is 9.14. The molecular formula is C66H111BCl3N. The van der Waals surface area contributed by atoms with Gasteiger partial charge in [-0.1, -0.05) is 303 Å². The Morgan fingerprint density at radius 2 is 0.592 bits per heavy atom. The third-order valence-electron chi connectivity index (χ3n) is 17.0. The molecule has 0 N–H and O–H groups in total. The molecule has 1 aliphatic rings. The Hall–Kier alpha value is -1.45. The summed E-state index contributed by atoms with van der Waals surface area (Å²) in [6.07, 6.45) is 53.4. The van der Waals surface area contributed by atoms with E-state index in [2.05, 4.69) is 75.4 Å². The first kappa shape index (κ1) is 63.8. The van der Waals surface area contributed by atoms with E-state index in [4.69, 9.17) is 34.8 Å². The normalized spacial score (nSPS) is 13.6. The van der Waals surface area contributed by atoms with Crippen molar-refractivity contribution in [3.8, 4) is 0 Å². The lowest BCUT2D eigenvalue weighted by Gasteiger charge is -2.44. The first-order chi connectivity index (χ1) is 34.6. The van der Waals surface area contributed by atoms with Gasteiger partial charge in [-0.25, -0.2) is 0 Å². The number of unbranched alkanes of at least 4 members (excludes halogenated alkanes) is 31. The maximum absolute atomic E-state index is 6.65. The van der Waals surface area contributed by atoms with E-state index in [0.717, 1.165) is 44.5 Å². The standard InChI is InChI=1S/C39H80N.C27H31BCl3/c1-3-5-7-9-11-13-15-17-19-20-22-24-26-28-30-33-37-40(38-34-31-35-39-40)36-32-29-27-25-23-21-18-16-14-12-10-8-6-4-2;1-5-6-7-8-15-28(22-12-9-19(2)25(29)16-22,23-13-10-20(3)26(30)17-23)24-14-11-21(4)27(31)18-24/h3-39H2,1-2H3;9-14,16-18H,5-8,15H2,1-4H3/q+1;-1. The number of piperidine rings is 1. The largest absolute Gasteiger partial charge is 0.324 e. The number of rotatable bonds is 40. The van der Waals surface area contributed by atoms with Gasteiger partial charge in [-0.15, -0.1) is 0 Å². The molecule has 0 unspecified atom stereocenters. The van der Waals surface area contributed by atoms with Crippen LogP contribution in [0.3, 0.4) is 0 Å². The molecule has 71 heavy (non-hydrogen) atoms. The van der Waals surface area contributed by atoms with Gasteiger partial charge in [-0.05, 0) is 82.4 Å². The second kappa shape index (κ2) is 39.9. The molecule has 1 nitrogen and oxygen atoms in total. The molecule has 3 aromatic rings. The van der Waals surface area contributed by atoms with Crippen LogP contribution in [0.2, 0.25) is 21.4 Å². The minimum Gasteiger partial charge on any atom is -0.324 e. The van der Waals surface area contributed by atoms with Crippen LogP contribution < -0.4 is 16.4 Å². The number of quaternary nitrogens is 1. The van der Waals surface area contributed by atoms with E-state index in [1.54, 1.807) is 0 Å². The molecule has 5 heteroatoms. The summed E-state index contributed by atoms with van der Waals surface area (Å²) in [6, 6.07) is 19.6. The average molecular weight is 1040 g/mol. The summed E-state index contributed by atoms with van der Waals surface area (Å²) >= 11 is 19.9. The van der Waals surface area contributed by atoms with E-state index in [-0.39, 0.29) is 0 Å². The highest BCUT2D eigenvalue weighted by Gasteiger charge is 2.31. The predicted molar refractivity (Wildman–Crippen MR) is 326 cm³/mol. The number of nitrogens with zero attached hydrogens (tertiary/aromatic N) is 1. The minimum absolute atomic E-state index is 0.800. The number of hydrogen-bond donors (Lipinski definition) is 0. The minimum atomic E-state index is -1.28. The predicted octanol–water partition coefficient (Wildman–Crippen LogP) is 21.4. The average Bonchev–Trinajstić information content (AvgIpc) is 3.37. The summed E-state index contributed by atoms with van der Waals surface area (Å²) in [5, 5.41) is 2.40. The summed E-state index contributed by atoms with van der Waals surface area (Å²) in [6.45, 7) is 19.0. The molecule has 0 spiro atoms. The van der Waals surface area contributed by atoms with Crippen molar-refractivity contribution in [2.75, 3.05) is 26.2 Å². The lowest BCUT2D eigenvalue weighted by Crippen LogP contribution is -2.67. The van der Waals surface area contributed by atoms with Crippen LogP contribution in [-0.4, -0.2) is 36.8 Å². The Morgan fingerprint density at radius 3 is 0.859 bits per heavy atom. The van der Waals surface area contributed by atoms with Gasteiger partial charge in [0.05, 0.1) is 32.3 Å². The molecule has 0 saturated carbocycles. The van der Waals surface area contributed by atoms with Gasteiger partial charge in [0.25, 0.3) is 0 Å². The SMILES string of the molecule is CCCCCCCCCCCCCCCCCC[N+]1(CCCCCCCCCCCCCCCC)CCCCC1.CCCCCC[B-](c1ccc(C)c(Cl)c1)(c1ccc(C)c(Cl)c1)c1ccc(C)c(Cl)c1. The molecule has 404 valence electrons. The molecule has 1 saturated heterocycles. The first-order valence-electron chi connectivity index (χ1n) is 30.9. The zero-order chi connectivity index (χ0) is 51.3. The fraction of sp³-hybridized carbons (Fsp3) is 0.727. The molecule has 0 radical (unpaired) electrons. The molecule has 0 bridgehead atoms. The molecule has 0 amide bonds. The van der Waals surface area contributed by atoms with Crippen molar-refractivity contribution in [2.45, 2.75) is 285 Å². The zero-order valence-corrected chi connectivity index (χ0v) is 49.8. The number of halogens is 3. The van der Waals surface area contributed by atoms with Crippen LogP contribution in [0.5, 0.6) is 0 Å². The summed E-state index contributed by atoms with van der Waals surface area (Å²) < 4.78 is 1.50. The van der Waals surface area contributed by atoms with Gasteiger partial charge in [-0.2, -0.15) is 22.7 Å². The molecule has 3 aromatic carbocycles. The van der Waals surface area contributed by atoms with Crippen molar-refractivity contribution in [2.24, 2.45) is 0 Å². The van der Waals surface area contributed by atoms with Crippen LogP contribution in [0, 0.1) is 20.8 Å². The lowest BCUT2D eigenvalue weighted by molar-refractivity contribution is -0.932.